The van der Waals surface area contributed by atoms with Crippen molar-refractivity contribution in [1.82, 2.24) is 25.0 Å². The van der Waals surface area contributed by atoms with Gasteiger partial charge in [0.2, 0.25) is 0 Å². The van der Waals surface area contributed by atoms with Crippen LogP contribution in [0, 0.1) is 13.8 Å². The zero-order valence-electron chi connectivity index (χ0n) is 21.3. The quantitative estimate of drug-likeness (QED) is 0.409. The number of aryl methyl sites for hydroxylation is 2. The minimum atomic E-state index is -0.134. The van der Waals surface area contributed by atoms with Gasteiger partial charge in [0.05, 0.1) is 0 Å². The van der Waals surface area contributed by atoms with E-state index in [0.717, 1.165) is 65.7 Å². The van der Waals surface area contributed by atoms with Crippen molar-refractivity contribution in [1.29, 1.82) is 0 Å². The number of hydrogen-bond acceptors (Lipinski definition) is 8. The summed E-state index contributed by atoms with van der Waals surface area (Å²) in [6, 6.07) is 10.2. The standard InChI is InChI=1S/C26H33N7O2/c1-16-13-18-17(2)20(8-7-19(18)27-16)34-25-29-22(28-23-14-21(35-31-23)26(3,4)5)15-24(30-25)33-11-9-32(6)10-12-33/h7-8,13-15,27H,9-12H2,1-6H3,(H,28,29,30,31). The van der Waals surface area contributed by atoms with E-state index < -0.39 is 0 Å². The first kappa shape index (κ1) is 23.2. The van der Waals surface area contributed by atoms with Gasteiger partial charge < -0.3 is 29.4 Å². The molecule has 35 heavy (non-hydrogen) atoms. The minimum Gasteiger partial charge on any atom is -0.424 e. The van der Waals surface area contributed by atoms with Crippen LogP contribution in [0.4, 0.5) is 17.5 Å². The number of likely N-dealkylation sites (N-methyl/N-ethyl adjacent to an activating group) is 1. The van der Waals surface area contributed by atoms with Crippen molar-refractivity contribution in [3.63, 3.8) is 0 Å². The Kier molecular flexibility index (Phi) is 5.88. The van der Waals surface area contributed by atoms with Gasteiger partial charge in [-0.1, -0.05) is 25.9 Å². The molecule has 1 aromatic carbocycles. The topological polar surface area (TPSA) is 95.3 Å². The molecule has 0 atom stereocenters. The molecule has 1 fully saturated rings. The Hall–Kier alpha value is -3.59. The fourth-order valence-corrected chi connectivity index (χ4v) is 4.22. The van der Waals surface area contributed by atoms with E-state index in [1.807, 2.05) is 24.3 Å². The predicted octanol–water partition coefficient (Wildman–Crippen LogP) is 5.15. The second-order valence-corrected chi connectivity index (χ2v) is 10.3. The van der Waals surface area contributed by atoms with Crippen LogP contribution < -0.4 is 15.0 Å². The monoisotopic (exact) mass is 475 g/mol. The molecule has 1 aliphatic rings. The normalized spacial score (nSPS) is 15.1. The van der Waals surface area contributed by atoms with Gasteiger partial charge in [0.25, 0.3) is 0 Å². The molecule has 1 saturated heterocycles. The van der Waals surface area contributed by atoms with Gasteiger partial charge in [0, 0.05) is 65.9 Å². The first-order valence-electron chi connectivity index (χ1n) is 12.0. The van der Waals surface area contributed by atoms with Gasteiger partial charge in [-0.05, 0) is 39.1 Å². The molecular formula is C26H33N7O2. The van der Waals surface area contributed by atoms with Crippen molar-refractivity contribution in [3.8, 4) is 11.8 Å². The molecule has 5 rings (SSSR count). The second kappa shape index (κ2) is 8.88. The Balaban J connectivity index is 1.48. The van der Waals surface area contributed by atoms with Crippen molar-refractivity contribution in [2.45, 2.75) is 40.0 Å². The summed E-state index contributed by atoms with van der Waals surface area (Å²) in [6.45, 7) is 14.1. The number of rotatable bonds is 5. The number of aromatic amines is 1. The molecule has 0 aliphatic carbocycles. The van der Waals surface area contributed by atoms with E-state index in [9.17, 15) is 0 Å². The van der Waals surface area contributed by atoms with Gasteiger partial charge in [-0.15, -0.1) is 0 Å². The number of hydrogen-bond donors (Lipinski definition) is 2. The molecule has 3 aromatic heterocycles. The van der Waals surface area contributed by atoms with Crippen LogP contribution in [0.1, 0.15) is 37.8 Å². The molecule has 1 aliphatic heterocycles. The Labute approximate surface area is 205 Å². The van der Waals surface area contributed by atoms with Crippen molar-refractivity contribution in [2.75, 3.05) is 43.4 Å². The maximum absolute atomic E-state index is 6.26. The third-order valence-electron chi connectivity index (χ3n) is 6.38. The Morgan fingerprint density at radius 1 is 1.00 bits per heavy atom. The number of fused-ring (bicyclic) bond motifs is 1. The molecule has 9 heteroatoms. The summed E-state index contributed by atoms with van der Waals surface area (Å²) in [5, 5.41) is 8.59. The number of ether oxygens (including phenoxy) is 1. The molecule has 0 radical (unpaired) electrons. The lowest BCUT2D eigenvalue weighted by atomic mass is 9.93. The lowest BCUT2D eigenvalue weighted by Crippen LogP contribution is -2.44. The summed E-state index contributed by atoms with van der Waals surface area (Å²) >= 11 is 0. The lowest BCUT2D eigenvalue weighted by Gasteiger charge is -2.33. The van der Waals surface area contributed by atoms with Crippen molar-refractivity contribution in [3.05, 3.63) is 47.3 Å². The number of benzene rings is 1. The molecule has 2 N–H and O–H groups in total. The highest BCUT2D eigenvalue weighted by Gasteiger charge is 2.22. The zero-order chi connectivity index (χ0) is 24.7. The van der Waals surface area contributed by atoms with Crippen LogP contribution in [0.2, 0.25) is 0 Å². The fraction of sp³-hybridized carbons (Fsp3) is 0.423. The Morgan fingerprint density at radius 2 is 1.77 bits per heavy atom. The number of piperazine rings is 1. The molecule has 4 aromatic rings. The molecule has 9 nitrogen and oxygen atoms in total. The first-order valence-corrected chi connectivity index (χ1v) is 12.0. The van der Waals surface area contributed by atoms with Crippen LogP contribution in [-0.2, 0) is 5.41 Å². The molecule has 0 unspecified atom stereocenters. The third kappa shape index (κ3) is 4.95. The molecule has 0 amide bonds. The van der Waals surface area contributed by atoms with E-state index in [2.05, 4.69) is 78.0 Å². The third-order valence-corrected chi connectivity index (χ3v) is 6.38. The smallest absolute Gasteiger partial charge is 0.325 e. The molecule has 0 bridgehead atoms. The Bertz CT molecular complexity index is 1340. The number of nitrogens with zero attached hydrogens (tertiary/aromatic N) is 5. The summed E-state index contributed by atoms with van der Waals surface area (Å²) in [5.74, 6) is 3.56. The summed E-state index contributed by atoms with van der Waals surface area (Å²) < 4.78 is 11.8. The van der Waals surface area contributed by atoms with Crippen LogP contribution in [0.5, 0.6) is 11.8 Å². The SMILES string of the molecule is Cc1cc2c(C)c(Oc3nc(Nc4cc(C(C)(C)C)on4)cc(N4CCN(C)CC4)n3)ccc2[nH]1. The molecule has 184 valence electrons. The maximum Gasteiger partial charge on any atom is 0.325 e. The zero-order valence-corrected chi connectivity index (χ0v) is 21.3. The molecule has 4 heterocycles. The van der Waals surface area contributed by atoms with Gasteiger partial charge in [0.1, 0.15) is 23.1 Å². The maximum atomic E-state index is 6.26. The van der Waals surface area contributed by atoms with Gasteiger partial charge >= 0.3 is 6.01 Å². The Morgan fingerprint density at radius 3 is 2.49 bits per heavy atom. The van der Waals surface area contributed by atoms with Crippen LogP contribution in [0.25, 0.3) is 10.9 Å². The number of H-pyrrole nitrogens is 1. The fourth-order valence-electron chi connectivity index (χ4n) is 4.22. The first-order chi connectivity index (χ1) is 16.7. The van der Waals surface area contributed by atoms with Crippen LogP contribution in [-0.4, -0.2) is 58.2 Å². The highest BCUT2D eigenvalue weighted by molar-refractivity contribution is 5.86. The van der Waals surface area contributed by atoms with Crippen LogP contribution in [0.3, 0.4) is 0 Å². The van der Waals surface area contributed by atoms with E-state index in [1.54, 1.807) is 0 Å². The highest BCUT2D eigenvalue weighted by Crippen LogP contribution is 2.32. The van der Waals surface area contributed by atoms with Crippen molar-refractivity contribution < 1.29 is 9.26 Å². The number of aromatic nitrogens is 4. The van der Waals surface area contributed by atoms with Crippen LogP contribution in [0.15, 0.2) is 34.9 Å². The molecule has 0 spiro atoms. The van der Waals surface area contributed by atoms with E-state index in [4.69, 9.17) is 14.2 Å². The number of nitrogens with one attached hydrogen (secondary N) is 2. The van der Waals surface area contributed by atoms with E-state index in [0.29, 0.717) is 11.6 Å². The summed E-state index contributed by atoms with van der Waals surface area (Å²) in [4.78, 5) is 17.4. The van der Waals surface area contributed by atoms with E-state index in [1.165, 1.54) is 0 Å². The van der Waals surface area contributed by atoms with E-state index >= 15 is 0 Å². The van der Waals surface area contributed by atoms with Crippen LogP contribution >= 0.6 is 0 Å². The predicted molar refractivity (Wildman–Crippen MR) is 138 cm³/mol. The van der Waals surface area contributed by atoms with Gasteiger partial charge in [-0.25, -0.2) is 0 Å². The number of anilines is 3. The van der Waals surface area contributed by atoms with Gasteiger partial charge in [-0.3, -0.25) is 0 Å². The highest BCUT2D eigenvalue weighted by atomic mass is 16.5. The summed E-state index contributed by atoms with van der Waals surface area (Å²) in [7, 11) is 2.14. The van der Waals surface area contributed by atoms with Crippen molar-refractivity contribution in [2.24, 2.45) is 0 Å². The van der Waals surface area contributed by atoms with E-state index in [-0.39, 0.29) is 11.4 Å². The average molecular weight is 476 g/mol. The molecular weight excluding hydrogens is 442 g/mol. The van der Waals surface area contributed by atoms with Crippen molar-refractivity contribution >= 4 is 28.4 Å². The largest absolute Gasteiger partial charge is 0.424 e. The lowest BCUT2D eigenvalue weighted by molar-refractivity contribution is 0.311. The summed E-state index contributed by atoms with van der Waals surface area (Å²) in [5.41, 5.74) is 3.11. The van der Waals surface area contributed by atoms with Gasteiger partial charge in [-0.2, -0.15) is 9.97 Å². The molecule has 0 saturated carbocycles. The van der Waals surface area contributed by atoms with Gasteiger partial charge in [0.15, 0.2) is 5.82 Å². The average Bonchev–Trinajstić information content (AvgIpc) is 3.43. The minimum absolute atomic E-state index is 0.134. The second-order valence-electron chi connectivity index (χ2n) is 10.3. The summed E-state index contributed by atoms with van der Waals surface area (Å²) in [6.07, 6.45) is 0.